The predicted octanol–water partition coefficient (Wildman–Crippen LogP) is 3.69. The molecule has 1 N–H and O–H groups in total. The minimum absolute atomic E-state index is 0.0646. The summed E-state index contributed by atoms with van der Waals surface area (Å²) >= 11 is 12.3. The van der Waals surface area contributed by atoms with E-state index < -0.39 is 5.79 Å². The van der Waals surface area contributed by atoms with Gasteiger partial charge in [0.2, 0.25) is 5.79 Å². The molecule has 0 radical (unpaired) electrons. The van der Waals surface area contributed by atoms with E-state index in [4.69, 9.17) is 37.1 Å². The van der Waals surface area contributed by atoms with Gasteiger partial charge < -0.3 is 13.9 Å². The van der Waals surface area contributed by atoms with E-state index in [0.717, 1.165) is 5.39 Å². The molecule has 0 unspecified atom stereocenters. The van der Waals surface area contributed by atoms with Crippen LogP contribution in [0.1, 0.15) is 18.5 Å². The van der Waals surface area contributed by atoms with Gasteiger partial charge in [-0.05, 0) is 25.1 Å². The Kier molecular flexibility index (Phi) is 3.57. The molecule has 23 heavy (non-hydrogen) atoms. The van der Waals surface area contributed by atoms with E-state index in [1.165, 1.54) is 6.33 Å². The first kappa shape index (κ1) is 15.0. The quantitative estimate of drug-likeness (QED) is 0.777. The molecular weight excluding hydrogens is 341 g/mol. The second kappa shape index (κ2) is 5.49. The molecule has 2 aromatic heterocycles. The zero-order chi connectivity index (χ0) is 16.0. The molecule has 4 rings (SSSR count). The first-order valence-corrected chi connectivity index (χ1v) is 7.86. The molecule has 120 valence electrons. The molecule has 1 saturated heterocycles. The topological polar surface area (TPSA) is 73.2 Å². The molecule has 0 saturated carbocycles. The van der Waals surface area contributed by atoms with Crippen LogP contribution in [0.3, 0.4) is 0 Å². The van der Waals surface area contributed by atoms with Gasteiger partial charge in [-0.15, -0.1) is 0 Å². The molecule has 0 amide bonds. The first-order chi connectivity index (χ1) is 11.1. The van der Waals surface area contributed by atoms with Crippen molar-refractivity contribution < 1.29 is 13.9 Å². The van der Waals surface area contributed by atoms with Gasteiger partial charge >= 0.3 is 0 Å². The second-order valence-corrected chi connectivity index (χ2v) is 6.36. The Morgan fingerprint density at radius 3 is 2.91 bits per heavy atom. The largest absolute Gasteiger partial charge is 0.454 e. The van der Waals surface area contributed by atoms with E-state index in [0.29, 0.717) is 40.2 Å². The summed E-state index contributed by atoms with van der Waals surface area (Å²) in [6.45, 7) is 2.40. The van der Waals surface area contributed by atoms with Gasteiger partial charge in [-0.3, -0.25) is 5.10 Å². The fourth-order valence-corrected chi connectivity index (χ4v) is 3.30. The minimum Gasteiger partial charge on any atom is -0.454 e. The molecule has 3 aromatic rings. The molecule has 0 spiro atoms. The zero-order valence-corrected chi connectivity index (χ0v) is 13.7. The van der Waals surface area contributed by atoms with Gasteiger partial charge in [-0.25, -0.2) is 4.98 Å². The lowest BCUT2D eigenvalue weighted by molar-refractivity contribution is -0.186. The number of furan rings is 1. The summed E-state index contributed by atoms with van der Waals surface area (Å²) < 4.78 is 17.9. The van der Waals surface area contributed by atoms with Gasteiger partial charge in [-0.1, -0.05) is 23.2 Å². The van der Waals surface area contributed by atoms with Crippen LogP contribution in [0.25, 0.3) is 11.0 Å². The summed E-state index contributed by atoms with van der Waals surface area (Å²) in [5.41, 5.74) is 0.551. The maximum Gasteiger partial charge on any atom is 0.236 e. The number of aromatic amines is 1. The maximum absolute atomic E-state index is 6.21. The normalized spacial score (nSPS) is 24.6. The van der Waals surface area contributed by atoms with Crippen molar-refractivity contribution in [1.29, 1.82) is 0 Å². The Hall–Kier alpha value is -1.60. The van der Waals surface area contributed by atoms with Gasteiger partial charge in [0.1, 0.15) is 12.2 Å². The third-order valence-electron chi connectivity index (χ3n) is 3.72. The highest BCUT2D eigenvalue weighted by Crippen LogP contribution is 2.41. The molecule has 1 aromatic carbocycles. The van der Waals surface area contributed by atoms with Crippen molar-refractivity contribution >= 4 is 34.2 Å². The van der Waals surface area contributed by atoms with Crippen LogP contribution in [0.4, 0.5) is 0 Å². The van der Waals surface area contributed by atoms with Crippen molar-refractivity contribution in [3.63, 3.8) is 0 Å². The van der Waals surface area contributed by atoms with Crippen LogP contribution in [0.15, 0.2) is 28.9 Å². The summed E-state index contributed by atoms with van der Waals surface area (Å²) in [6.07, 6.45) is 1.73. The third kappa shape index (κ3) is 2.61. The Morgan fingerprint density at radius 1 is 1.35 bits per heavy atom. The van der Waals surface area contributed by atoms with Crippen molar-refractivity contribution in [3.05, 3.63) is 46.2 Å². The maximum atomic E-state index is 6.21. The van der Waals surface area contributed by atoms with Gasteiger partial charge in [0.15, 0.2) is 11.3 Å². The number of rotatable bonds is 3. The van der Waals surface area contributed by atoms with Crippen LogP contribution in [0, 0.1) is 0 Å². The average molecular weight is 354 g/mol. The van der Waals surface area contributed by atoms with Crippen LogP contribution >= 0.6 is 23.2 Å². The molecule has 1 fully saturated rings. The molecule has 0 aliphatic carbocycles. The number of ether oxygens (including phenoxy) is 2. The van der Waals surface area contributed by atoms with Gasteiger partial charge in [-0.2, -0.15) is 5.10 Å². The standard InChI is InChI=1S/C15H13Cl2N3O3/c1-8-6-21-15(23-8,5-13-18-7-19-20-13)12-3-9-2-10(16)4-11(17)14(9)22-12/h2-4,7-8H,5-6H2,1H3,(H,18,19,20)/t8-,15-/m0/s1. The monoisotopic (exact) mass is 353 g/mol. The van der Waals surface area contributed by atoms with Gasteiger partial charge in [0.25, 0.3) is 0 Å². The summed E-state index contributed by atoms with van der Waals surface area (Å²) in [6, 6.07) is 5.26. The van der Waals surface area contributed by atoms with Gasteiger partial charge in [0.05, 0.1) is 24.2 Å². The predicted molar refractivity (Wildman–Crippen MR) is 84.5 cm³/mol. The number of benzene rings is 1. The fraction of sp³-hybridized carbons (Fsp3) is 0.333. The van der Waals surface area contributed by atoms with Gasteiger partial charge in [0, 0.05) is 10.4 Å². The van der Waals surface area contributed by atoms with E-state index >= 15 is 0 Å². The number of H-pyrrole nitrogens is 1. The lowest BCUT2D eigenvalue weighted by atomic mass is 10.1. The van der Waals surface area contributed by atoms with Crippen LogP contribution in [0.2, 0.25) is 10.0 Å². The van der Waals surface area contributed by atoms with Crippen molar-refractivity contribution in [3.8, 4) is 0 Å². The second-order valence-electron chi connectivity index (χ2n) is 5.52. The average Bonchev–Trinajstić information content (AvgIpc) is 3.19. The number of nitrogens with zero attached hydrogens (tertiary/aromatic N) is 2. The Morgan fingerprint density at radius 2 is 2.22 bits per heavy atom. The molecule has 3 heterocycles. The Bertz CT molecular complexity index is 849. The smallest absolute Gasteiger partial charge is 0.236 e. The van der Waals surface area contributed by atoms with Crippen LogP contribution in [-0.4, -0.2) is 27.9 Å². The number of hydrogen-bond donors (Lipinski definition) is 1. The summed E-state index contributed by atoms with van der Waals surface area (Å²) in [5, 5.41) is 8.46. The molecule has 1 aliphatic rings. The molecule has 1 aliphatic heterocycles. The van der Waals surface area contributed by atoms with Crippen LogP contribution < -0.4 is 0 Å². The van der Waals surface area contributed by atoms with E-state index in [9.17, 15) is 0 Å². The molecule has 0 bridgehead atoms. The third-order valence-corrected chi connectivity index (χ3v) is 4.22. The van der Waals surface area contributed by atoms with Crippen molar-refractivity contribution in [2.24, 2.45) is 0 Å². The van der Waals surface area contributed by atoms with Crippen molar-refractivity contribution in [2.75, 3.05) is 6.61 Å². The number of halogens is 2. The number of aromatic nitrogens is 3. The molecular formula is C15H13Cl2N3O3. The highest BCUT2D eigenvalue weighted by Gasteiger charge is 2.45. The van der Waals surface area contributed by atoms with E-state index in [1.54, 1.807) is 12.1 Å². The molecule has 8 heteroatoms. The zero-order valence-electron chi connectivity index (χ0n) is 12.2. The summed E-state index contributed by atoms with van der Waals surface area (Å²) in [7, 11) is 0. The Labute approximate surface area is 141 Å². The molecule has 6 nitrogen and oxygen atoms in total. The number of nitrogens with one attached hydrogen (secondary N) is 1. The lowest BCUT2D eigenvalue weighted by Gasteiger charge is -2.24. The summed E-state index contributed by atoms with van der Waals surface area (Å²) in [4.78, 5) is 4.15. The van der Waals surface area contributed by atoms with E-state index in [-0.39, 0.29) is 6.10 Å². The highest BCUT2D eigenvalue weighted by atomic mass is 35.5. The van der Waals surface area contributed by atoms with Crippen LogP contribution in [-0.2, 0) is 21.7 Å². The van der Waals surface area contributed by atoms with E-state index in [1.807, 2.05) is 13.0 Å². The van der Waals surface area contributed by atoms with Crippen molar-refractivity contribution in [2.45, 2.75) is 25.2 Å². The SMILES string of the molecule is C[C@H]1CO[C@](Cc2ncn[nH]2)(c2cc3cc(Cl)cc(Cl)c3o2)O1. The van der Waals surface area contributed by atoms with Crippen LogP contribution in [0.5, 0.6) is 0 Å². The number of hydrogen-bond acceptors (Lipinski definition) is 5. The minimum atomic E-state index is -1.06. The Balaban J connectivity index is 1.82. The highest BCUT2D eigenvalue weighted by molar-refractivity contribution is 6.38. The first-order valence-electron chi connectivity index (χ1n) is 7.11. The van der Waals surface area contributed by atoms with E-state index in [2.05, 4.69) is 15.2 Å². The fourth-order valence-electron chi connectivity index (χ4n) is 2.75. The summed E-state index contributed by atoms with van der Waals surface area (Å²) in [5.74, 6) is 0.106. The van der Waals surface area contributed by atoms with Crippen molar-refractivity contribution in [1.82, 2.24) is 15.2 Å². The number of fused-ring (bicyclic) bond motifs is 1. The molecule has 2 atom stereocenters. The lowest BCUT2D eigenvalue weighted by Crippen LogP contribution is -2.30.